The van der Waals surface area contributed by atoms with E-state index in [1.165, 1.54) is 10.7 Å². The van der Waals surface area contributed by atoms with Gasteiger partial charge < -0.3 is 0 Å². The summed E-state index contributed by atoms with van der Waals surface area (Å²) >= 11 is 0. The van der Waals surface area contributed by atoms with Gasteiger partial charge in [0.15, 0.2) is 5.65 Å². The molecule has 1 aliphatic carbocycles. The lowest BCUT2D eigenvalue weighted by Crippen LogP contribution is -2.26. The smallest absolute Gasteiger partial charge is 0.276 e. The zero-order chi connectivity index (χ0) is 14.4. The van der Waals surface area contributed by atoms with Crippen LogP contribution in [0.15, 0.2) is 23.4 Å². The van der Waals surface area contributed by atoms with Crippen LogP contribution < -0.4 is 5.56 Å². The van der Waals surface area contributed by atoms with Crippen LogP contribution >= 0.6 is 0 Å². The lowest BCUT2D eigenvalue weighted by molar-refractivity contribution is 0.415. The van der Waals surface area contributed by atoms with Crippen molar-refractivity contribution in [1.29, 1.82) is 5.26 Å². The Balaban J connectivity index is 2.09. The molecule has 3 aromatic heterocycles. The van der Waals surface area contributed by atoms with Crippen molar-refractivity contribution in [2.75, 3.05) is 0 Å². The SMILES string of the molecule is N#Cc1c[nH]n2c(=O)c(C3CCC3)c(-c3cn[nH]c3)nc12. The van der Waals surface area contributed by atoms with Gasteiger partial charge in [0, 0.05) is 23.5 Å². The van der Waals surface area contributed by atoms with Crippen molar-refractivity contribution in [3.63, 3.8) is 0 Å². The van der Waals surface area contributed by atoms with Gasteiger partial charge >= 0.3 is 0 Å². The van der Waals surface area contributed by atoms with Gasteiger partial charge in [0.2, 0.25) is 0 Å². The number of H-pyrrole nitrogens is 2. The highest BCUT2D eigenvalue weighted by atomic mass is 16.1. The van der Waals surface area contributed by atoms with Gasteiger partial charge in [0.05, 0.1) is 11.9 Å². The second kappa shape index (κ2) is 4.31. The van der Waals surface area contributed by atoms with Gasteiger partial charge in [-0.2, -0.15) is 10.4 Å². The van der Waals surface area contributed by atoms with E-state index in [-0.39, 0.29) is 11.5 Å². The molecule has 2 N–H and O–H groups in total. The minimum Gasteiger partial charge on any atom is -0.295 e. The molecule has 1 fully saturated rings. The molecule has 0 aromatic carbocycles. The third-order valence-electron chi connectivity index (χ3n) is 4.10. The monoisotopic (exact) mass is 280 g/mol. The molecule has 0 saturated heterocycles. The summed E-state index contributed by atoms with van der Waals surface area (Å²) in [6.45, 7) is 0. The van der Waals surface area contributed by atoms with E-state index in [1.54, 1.807) is 12.4 Å². The van der Waals surface area contributed by atoms with Crippen molar-refractivity contribution in [2.45, 2.75) is 25.2 Å². The van der Waals surface area contributed by atoms with E-state index >= 15 is 0 Å². The number of hydrogen-bond acceptors (Lipinski definition) is 4. The Morgan fingerprint density at radius 2 is 2.24 bits per heavy atom. The average molecular weight is 280 g/mol. The van der Waals surface area contributed by atoms with Gasteiger partial charge in [-0.3, -0.25) is 15.0 Å². The zero-order valence-corrected chi connectivity index (χ0v) is 11.1. The molecule has 4 rings (SSSR count). The Morgan fingerprint density at radius 1 is 1.38 bits per heavy atom. The molecule has 0 unspecified atom stereocenters. The third kappa shape index (κ3) is 1.62. The minimum absolute atomic E-state index is 0.123. The average Bonchev–Trinajstić information content (AvgIpc) is 3.07. The number of aromatic amines is 2. The molecule has 21 heavy (non-hydrogen) atoms. The van der Waals surface area contributed by atoms with Crippen LogP contribution in [-0.4, -0.2) is 24.8 Å². The van der Waals surface area contributed by atoms with Gasteiger partial charge in [-0.25, -0.2) is 9.50 Å². The van der Waals surface area contributed by atoms with E-state index in [0.29, 0.717) is 22.5 Å². The summed E-state index contributed by atoms with van der Waals surface area (Å²) in [7, 11) is 0. The van der Waals surface area contributed by atoms with E-state index in [2.05, 4.69) is 20.3 Å². The van der Waals surface area contributed by atoms with Gasteiger partial charge in [-0.15, -0.1) is 0 Å². The molecule has 3 heterocycles. The summed E-state index contributed by atoms with van der Waals surface area (Å²) in [5.74, 6) is 0.237. The molecule has 7 nitrogen and oxygen atoms in total. The molecule has 7 heteroatoms. The van der Waals surface area contributed by atoms with E-state index < -0.39 is 0 Å². The second-order valence-corrected chi connectivity index (χ2v) is 5.25. The number of rotatable bonds is 2. The predicted molar refractivity (Wildman–Crippen MR) is 74.7 cm³/mol. The molecule has 3 aromatic rings. The highest BCUT2D eigenvalue weighted by molar-refractivity contribution is 5.67. The Labute approximate surface area is 119 Å². The summed E-state index contributed by atoms with van der Waals surface area (Å²) < 4.78 is 1.36. The van der Waals surface area contributed by atoms with Crippen molar-refractivity contribution >= 4 is 5.65 Å². The van der Waals surface area contributed by atoms with Crippen LogP contribution in [0, 0.1) is 11.3 Å². The molecule has 1 aliphatic rings. The number of fused-ring (bicyclic) bond motifs is 1. The highest BCUT2D eigenvalue weighted by Gasteiger charge is 2.28. The molecular formula is C14H12N6O. The Morgan fingerprint density at radius 3 is 2.86 bits per heavy atom. The van der Waals surface area contributed by atoms with Crippen LogP contribution in [0.4, 0.5) is 0 Å². The summed E-state index contributed by atoms with van der Waals surface area (Å²) in [6.07, 6.45) is 8.01. The van der Waals surface area contributed by atoms with E-state index in [1.807, 2.05) is 6.07 Å². The fourth-order valence-electron chi connectivity index (χ4n) is 2.78. The predicted octanol–water partition coefficient (Wildman–Crippen LogP) is 1.55. The number of nitriles is 1. The zero-order valence-electron chi connectivity index (χ0n) is 11.1. The molecule has 0 radical (unpaired) electrons. The van der Waals surface area contributed by atoms with Crippen molar-refractivity contribution in [3.05, 3.63) is 40.1 Å². The number of aromatic nitrogens is 5. The van der Waals surface area contributed by atoms with Gasteiger partial charge in [0.25, 0.3) is 5.56 Å². The maximum Gasteiger partial charge on any atom is 0.276 e. The normalized spacial score (nSPS) is 15.0. The summed E-state index contributed by atoms with van der Waals surface area (Å²) in [5, 5.41) is 18.6. The first kappa shape index (κ1) is 11.9. The van der Waals surface area contributed by atoms with Crippen molar-refractivity contribution in [3.8, 4) is 17.3 Å². The standard InChI is InChI=1S/C14H12N6O/c15-4-9-7-18-20-13(9)19-12(10-5-16-17-6-10)11(14(20)21)8-2-1-3-8/h5-8,18H,1-3H2,(H,16,17). The first-order chi connectivity index (χ1) is 10.3. The maximum absolute atomic E-state index is 12.8. The molecular weight excluding hydrogens is 268 g/mol. The van der Waals surface area contributed by atoms with Crippen LogP contribution in [0.2, 0.25) is 0 Å². The summed E-state index contributed by atoms with van der Waals surface area (Å²) in [4.78, 5) is 17.3. The Hall–Kier alpha value is -2.88. The van der Waals surface area contributed by atoms with Crippen LogP contribution in [0.5, 0.6) is 0 Å². The molecule has 0 bridgehead atoms. The molecule has 0 atom stereocenters. The first-order valence-corrected chi connectivity index (χ1v) is 6.83. The van der Waals surface area contributed by atoms with E-state index in [0.717, 1.165) is 24.8 Å². The van der Waals surface area contributed by atoms with Crippen LogP contribution in [0.1, 0.15) is 36.3 Å². The topological polar surface area (TPSA) is 103 Å². The number of hydrogen-bond donors (Lipinski definition) is 2. The number of nitrogens with zero attached hydrogens (tertiary/aromatic N) is 4. The van der Waals surface area contributed by atoms with Gasteiger partial charge in [-0.1, -0.05) is 6.42 Å². The Bertz CT molecular complexity index is 907. The van der Waals surface area contributed by atoms with Crippen molar-refractivity contribution < 1.29 is 0 Å². The van der Waals surface area contributed by atoms with E-state index in [4.69, 9.17) is 5.26 Å². The molecule has 104 valence electrons. The minimum atomic E-state index is -0.123. The second-order valence-electron chi connectivity index (χ2n) is 5.25. The fraction of sp³-hybridized carbons (Fsp3) is 0.286. The van der Waals surface area contributed by atoms with Gasteiger partial charge in [0.1, 0.15) is 11.6 Å². The first-order valence-electron chi connectivity index (χ1n) is 6.83. The molecule has 1 saturated carbocycles. The van der Waals surface area contributed by atoms with E-state index in [9.17, 15) is 4.79 Å². The molecule has 0 spiro atoms. The summed E-state index contributed by atoms with van der Waals surface area (Å²) in [6, 6.07) is 2.05. The third-order valence-corrected chi connectivity index (χ3v) is 4.10. The van der Waals surface area contributed by atoms with Crippen molar-refractivity contribution in [2.24, 2.45) is 0 Å². The van der Waals surface area contributed by atoms with Crippen LogP contribution in [0.3, 0.4) is 0 Å². The van der Waals surface area contributed by atoms with Crippen LogP contribution in [0.25, 0.3) is 16.9 Å². The molecule has 0 amide bonds. The van der Waals surface area contributed by atoms with Crippen molar-refractivity contribution in [1.82, 2.24) is 24.8 Å². The number of nitrogens with one attached hydrogen (secondary N) is 2. The molecule has 0 aliphatic heterocycles. The Kier molecular flexibility index (Phi) is 2.44. The highest BCUT2D eigenvalue weighted by Crippen LogP contribution is 2.38. The summed E-state index contributed by atoms with van der Waals surface area (Å²) in [5.41, 5.74) is 2.73. The van der Waals surface area contributed by atoms with Crippen LogP contribution in [-0.2, 0) is 0 Å². The maximum atomic E-state index is 12.8. The van der Waals surface area contributed by atoms with Gasteiger partial charge in [-0.05, 0) is 18.8 Å². The lowest BCUT2D eigenvalue weighted by Gasteiger charge is -2.26. The fourth-order valence-corrected chi connectivity index (χ4v) is 2.78. The lowest BCUT2D eigenvalue weighted by atomic mass is 9.79. The quantitative estimate of drug-likeness (QED) is 0.743. The largest absolute Gasteiger partial charge is 0.295 e.